The third kappa shape index (κ3) is 8.63. The van der Waals surface area contributed by atoms with Gasteiger partial charge in [0.15, 0.2) is 11.7 Å². The molecule has 0 aliphatic rings. The summed E-state index contributed by atoms with van der Waals surface area (Å²) in [4.78, 5) is 21.4. The van der Waals surface area contributed by atoms with E-state index in [1.807, 2.05) is 13.8 Å². The summed E-state index contributed by atoms with van der Waals surface area (Å²) in [6, 6.07) is -0.245. The van der Waals surface area contributed by atoms with Gasteiger partial charge in [0.05, 0.1) is 6.04 Å². The molecule has 0 aliphatic heterocycles. The predicted molar refractivity (Wildman–Crippen MR) is 113 cm³/mol. The van der Waals surface area contributed by atoms with Gasteiger partial charge in [0.1, 0.15) is 5.78 Å². The van der Waals surface area contributed by atoms with Crippen LogP contribution >= 0.6 is 0 Å². The van der Waals surface area contributed by atoms with E-state index < -0.39 is 5.41 Å². The van der Waals surface area contributed by atoms with Gasteiger partial charge in [-0.1, -0.05) is 54.3 Å². The van der Waals surface area contributed by atoms with Crippen LogP contribution in [0.3, 0.4) is 0 Å². The zero-order valence-electron chi connectivity index (χ0n) is 18.5. The quantitative estimate of drug-likeness (QED) is 0.203. The largest absolute Gasteiger partial charge is 0.502 e. The van der Waals surface area contributed by atoms with Crippen LogP contribution in [0.4, 0.5) is 0 Å². The molecule has 2 atom stereocenters. The van der Waals surface area contributed by atoms with E-state index in [0.717, 1.165) is 32.1 Å². The highest BCUT2D eigenvalue weighted by atomic mass is 16.3. The molecule has 0 heterocycles. The lowest BCUT2D eigenvalue weighted by atomic mass is 9.57. The highest BCUT2D eigenvalue weighted by Crippen LogP contribution is 2.53. The van der Waals surface area contributed by atoms with Crippen LogP contribution in [0.25, 0.3) is 0 Å². The maximum Gasteiger partial charge on any atom is 0.287 e. The van der Waals surface area contributed by atoms with Crippen LogP contribution in [0.2, 0.25) is 6.32 Å². The summed E-state index contributed by atoms with van der Waals surface area (Å²) in [7, 11) is 1.18. The summed E-state index contributed by atoms with van der Waals surface area (Å²) in [5.41, 5.74) is 4.82. The van der Waals surface area contributed by atoms with Gasteiger partial charge in [0.2, 0.25) is 0 Å². The molecular weight excluding hydrogens is 341 g/mol. The van der Waals surface area contributed by atoms with E-state index in [2.05, 4.69) is 27.7 Å². The van der Waals surface area contributed by atoms with Crippen molar-refractivity contribution >= 4 is 19.2 Å². The maximum absolute atomic E-state index is 10.9. The Kier molecular flexibility index (Phi) is 14.6. The summed E-state index contributed by atoms with van der Waals surface area (Å²) >= 11 is 0. The Hall–Kier alpha value is -1.10. The van der Waals surface area contributed by atoms with Gasteiger partial charge in [-0.2, -0.15) is 0 Å². The van der Waals surface area contributed by atoms with Gasteiger partial charge in [-0.05, 0) is 50.4 Å². The smallest absolute Gasteiger partial charge is 0.287 e. The van der Waals surface area contributed by atoms with Crippen LogP contribution in [-0.2, 0) is 9.59 Å². The number of carbonyl (C=O) groups is 1. The zero-order chi connectivity index (χ0) is 21.7. The van der Waals surface area contributed by atoms with E-state index in [1.165, 1.54) is 14.4 Å². The Bertz CT molecular complexity index is 471. The molecule has 2 unspecified atom stereocenters. The van der Waals surface area contributed by atoms with Crippen molar-refractivity contribution in [2.45, 2.75) is 99.4 Å². The fraction of sp³-hybridized carbons (Fsp3) is 0.857. The highest BCUT2D eigenvalue weighted by Gasteiger charge is 2.47. The van der Waals surface area contributed by atoms with E-state index in [9.17, 15) is 14.7 Å². The molecule has 0 aromatic heterocycles. The molecule has 0 spiro atoms. The van der Waals surface area contributed by atoms with Crippen LogP contribution in [0.1, 0.15) is 87.0 Å². The van der Waals surface area contributed by atoms with Crippen molar-refractivity contribution in [1.29, 1.82) is 0 Å². The van der Waals surface area contributed by atoms with Crippen molar-refractivity contribution in [2.24, 2.45) is 22.5 Å². The fourth-order valence-electron chi connectivity index (χ4n) is 3.77. The minimum atomic E-state index is -0.534. The Labute approximate surface area is 167 Å². The summed E-state index contributed by atoms with van der Waals surface area (Å²) in [5.74, 6) is 2.12. The van der Waals surface area contributed by atoms with Crippen molar-refractivity contribution in [3.8, 4) is 0 Å². The number of Topliss-reactive ketones (excluding diaryl/α,β-unsaturated/α-hetero) is 1. The van der Waals surface area contributed by atoms with E-state index in [0.29, 0.717) is 18.7 Å². The standard InChI is InChI=1S/C14H26BO3.C7H15NO/c1-5-13(4,12(17)11-16)14(6-2,7-3)9-8-10-15-18;1-5(2)4-7(8)6(3)9/h17-18H,5-10H2,1-4H3;5,7H,4,8H2,1-3H3. The summed E-state index contributed by atoms with van der Waals surface area (Å²) in [5, 5.41) is 18.7. The van der Waals surface area contributed by atoms with Crippen LogP contribution < -0.4 is 5.73 Å². The van der Waals surface area contributed by atoms with E-state index in [-0.39, 0.29) is 23.0 Å². The molecule has 0 bridgehead atoms. The van der Waals surface area contributed by atoms with Crippen molar-refractivity contribution in [1.82, 2.24) is 0 Å². The molecule has 0 saturated heterocycles. The maximum atomic E-state index is 10.9. The number of hydrogen-bond acceptors (Lipinski definition) is 5. The number of aliphatic hydroxyl groups is 1. The lowest BCUT2D eigenvalue weighted by Gasteiger charge is -2.47. The normalized spacial score (nSPS) is 14.4. The van der Waals surface area contributed by atoms with E-state index in [4.69, 9.17) is 10.8 Å². The molecule has 6 heteroatoms. The molecule has 0 saturated carbocycles. The SMILES string of the molecule is CC(=O)C(N)CC(C)C.CCC(CC)(CCC[B]O)C(C)(CC)C(O)=C=O. The molecule has 0 aromatic rings. The number of ketones is 1. The molecule has 27 heavy (non-hydrogen) atoms. The molecule has 0 fully saturated rings. The molecule has 4 N–H and O–H groups in total. The average molecular weight is 382 g/mol. The first-order valence-corrected chi connectivity index (χ1v) is 10.2. The van der Waals surface area contributed by atoms with Crippen LogP contribution in [-0.4, -0.2) is 35.4 Å². The second-order valence-electron chi connectivity index (χ2n) is 8.05. The van der Waals surface area contributed by atoms with Crippen molar-refractivity contribution in [3.63, 3.8) is 0 Å². The number of aliphatic hydroxyl groups excluding tert-OH is 1. The molecule has 5 nitrogen and oxygen atoms in total. The van der Waals surface area contributed by atoms with Crippen LogP contribution in [0.15, 0.2) is 5.76 Å². The summed E-state index contributed by atoms with van der Waals surface area (Å²) in [6.07, 6.45) is 5.68. The lowest BCUT2D eigenvalue weighted by molar-refractivity contribution is -0.118. The summed E-state index contributed by atoms with van der Waals surface area (Å²) in [6.45, 7) is 13.8. The van der Waals surface area contributed by atoms with Gasteiger partial charge in [-0.25, -0.2) is 4.79 Å². The number of allylic oxidation sites excluding steroid dienone is 1. The molecule has 0 aromatic carbocycles. The average Bonchev–Trinajstić information content (AvgIpc) is 2.64. The monoisotopic (exact) mass is 382 g/mol. The first-order chi connectivity index (χ1) is 12.5. The topological polar surface area (TPSA) is 101 Å². The third-order valence-corrected chi connectivity index (χ3v) is 6.09. The Morgan fingerprint density at radius 1 is 1.19 bits per heavy atom. The van der Waals surface area contributed by atoms with Gasteiger partial charge in [-0.15, -0.1) is 0 Å². The second kappa shape index (κ2) is 14.0. The minimum Gasteiger partial charge on any atom is -0.502 e. The molecule has 157 valence electrons. The van der Waals surface area contributed by atoms with Gasteiger partial charge in [-0.3, -0.25) is 4.79 Å². The number of rotatable bonds is 12. The van der Waals surface area contributed by atoms with Crippen molar-refractivity contribution < 1.29 is 19.7 Å². The molecule has 1 radical (unpaired) electrons. The zero-order valence-corrected chi connectivity index (χ0v) is 18.5. The predicted octanol–water partition coefficient (Wildman–Crippen LogP) is 4.24. The first kappa shape index (κ1) is 28.1. The van der Waals surface area contributed by atoms with Crippen molar-refractivity contribution in [2.75, 3.05) is 0 Å². The number of carbonyl (C=O) groups excluding carboxylic acids is 2. The van der Waals surface area contributed by atoms with E-state index >= 15 is 0 Å². The Balaban J connectivity index is 0. The fourth-order valence-corrected chi connectivity index (χ4v) is 3.77. The number of nitrogens with two attached hydrogens (primary N) is 1. The molecule has 0 amide bonds. The van der Waals surface area contributed by atoms with Gasteiger partial charge in [0.25, 0.3) is 7.48 Å². The number of hydrogen-bond donors (Lipinski definition) is 3. The minimum absolute atomic E-state index is 0.0868. The van der Waals surface area contributed by atoms with Gasteiger partial charge >= 0.3 is 0 Å². The van der Waals surface area contributed by atoms with Gasteiger partial charge < -0.3 is 15.9 Å². The summed E-state index contributed by atoms with van der Waals surface area (Å²) < 4.78 is 0. The first-order valence-electron chi connectivity index (χ1n) is 10.2. The third-order valence-electron chi connectivity index (χ3n) is 6.09. The lowest BCUT2D eigenvalue weighted by Crippen LogP contribution is -2.41. The molecule has 0 rings (SSSR count). The second-order valence-corrected chi connectivity index (χ2v) is 8.05. The van der Waals surface area contributed by atoms with Gasteiger partial charge in [0, 0.05) is 5.41 Å². The highest BCUT2D eigenvalue weighted by molar-refractivity contribution is 6.25. The van der Waals surface area contributed by atoms with Crippen molar-refractivity contribution in [3.05, 3.63) is 5.76 Å². The molecule has 0 aliphatic carbocycles. The van der Waals surface area contributed by atoms with E-state index in [1.54, 1.807) is 5.94 Å². The molecular formula is C21H41BNO4. The Morgan fingerprint density at radius 2 is 1.70 bits per heavy atom. The van der Waals surface area contributed by atoms with Crippen LogP contribution in [0.5, 0.6) is 0 Å². The Morgan fingerprint density at radius 3 is 1.96 bits per heavy atom. The van der Waals surface area contributed by atoms with Crippen LogP contribution in [0, 0.1) is 16.7 Å².